The Bertz CT molecular complexity index is 204. The van der Waals surface area contributed by atoms with Crippen molar-refractivity contribution in [3.05, 3.63) is 5.21 Å². The van der Waals surface area contributed by atoms with E-state index in [1.807, 2.05) is 0 Å². The second-order valence-electron chi connectivity index (χ2n) is 4.04. The molecule has 0 amide bonds. The number of rotatable bonds is 1. The van der Waals surface area contributed by atoms with Crippen LogP contribution in [0.25, 0.3) is 0 Å². The van der Waals surface area contributed by atoms with Crippen molar-refractivity contribution >= 4 is 0 Å². The predicted octanol–water partition coefficient (Wildman–Crippen LogP) is -2.34. The summed E-state index contributed by atoms with van der Waals surface area (Å²) < 4.78 is 5.28. The van der Waals surface area contributed by atoms with Crippen LogP contribution in [0, 0.1) is 5.21 Å². The van der Waals surface area contributed by atoms with Crippen molar-refractivity contribution < 1.29 is 9.91 Å². The third kappa shape index (κ3) is 1.90. The minimum atomic E-state index is -0.386. The molecule has 0 bridgehead atoms. The molecule has 0 aromatic carbocycles. The molecule has 1 aliphatic carbocycles. The van der Waals surface area contributed by atoms with E-state index >= 15 is 0 Å². The molecule has 1 heterocycles. The van der Waals surface area contributed by atoms with Gasteiger partial charge in [0, 0.05) is 13.5 Å². The van der Waals surface area contributed by atoms with E-state index in [2.05, 4.69) is 10.7 Å². The van der Waals surface area contributed by atoms with Gasteiger partial charge in [-0.3, -0.25) is 16.2 Å². The summed E-state index contributed by atoms with van der Waals surface area (Å²) >= 11 is 0. The maximum Gasteiger partial charge on any atom is 0.156 e. The Morgan fingerprint density at radius 2 is 2.29 bits per heavy atom. The summed E-state index contributed by atoms with van der Waals surface area (Å²) in [7, 11) is 1.70. The van der Waals surface area contributed by atoms with Gasteiger partial charge in [0.25, 0.3) is 0 Å². The van der Waals surface area contributed by atoms with Crippen LogP contribution in [-0.2, 0) is 4.74 Å². The van der Waals surface area contributed by atoms with Gasteiger partial charge in [0.15, 0.2) is 6.29 Å². The standard InChI is InChI=1S/C8H18N4O2/c1-14-5-2-3-6-7(4-5)12(13)11-8(9)10-6/h5-8,10-12H,2-4,9H2,1H3. The summed E-state index contributed by atoms with van der Waals surface area (Å²) in [6.45, 7) is 0. The van der Waals surface area contributed by atoms with Crippen molar-refractivity contribution in [2.75, 3.05) is 7.11 Å². The summed E-state index contributed by atoms with van der Waals surface area (Å²) in [6, 6.07) is 0.249. The van der Waals surface area contributed by atoms with E-state index in [0.717, 1.165) is 19.3 Å². The SMILES string of the molecule is COC1CCC2NC(N)N[NH+]([O-])C2C1. The Morgan fingerprint density at radius 1 is 1.50 bits per heavy atom. The lowest BCUT2D eigenvalue weighted by Crippen LogP contribution is -3.23. The van der Waals surface area contributed by atoms with Crippen molar-refractivity contribution in [1.82, 2.24) is 10.7 Å². The fourth-order valence-corrected chi connectivity index (χ4v) is 2.37. The Balaban J connectivity index is 1.99. The highest BCUT2D eigenvalue weighted by Gasteiger charge is 2.39. The van der Waals surface area contributed by atoms with Crippen LogP contribution >= 0.6 is 0 Å². The molecule has 82 valence electrons. The van der Waals surface area contributed by atoms with Crippen LogP contribution in [0.1, 0.15) is 19.3 Å². The largest absolute Gasteiger partial charge is 0.613 e. The minimum Gasteiger partial charge on any atom is -0.613 e. The van der Waals surface area contributed by atoms with Crippen LogP contribution in [0.4, 0.5) is 0 Å². The maximum atomic E-state index is 11.6. The van der Waals surface area contributed by atoms with Crippen molar-refractivity contribution in [2.24, 2.45) is 5.73 Å². The monoisotopic (exact) mass is 202 g/mol. The molecule has 1 saturated heterocycles. The van der Waals surface area contributed by atoms with Crippen molar-refractivity contribution in [3.8, 4) is 0 Å². The average molecular weight is 202 g/mol. The zero-order valence-corrected chi connectivity index (χ0v) is 8.32. The van der Waals surface area contributed by atoms with Crippen LogP contribution in [-0.4, -0.2) is 31.6 Å². The number of hydrogen-bond acceptors (Lipinski definition) is 5. The molecule has 2 aliphatic rings. The van der Waals surface area contributed by atoms with Crippen LogP contribution < -0.4 is 21.6 Å². The lowest BCUT2D eigenvalue weighted by atomic mass is 9.88. The van der Waals surface area contributed by atoms with Gasteiger partial charge in [-0.05, 0) is 12.8 Å². The molecule has 6 nitrogen and oxygen atoms in total. The Labute approximate surface area is 83.3 Å². The molecule has 0 radical (unpaired) electrons. The molecule has 2 fully saturated rings. The van der Waals surface area contributed by atoms with Gasteiger partial charge >= 0.3 is 0 Å². The predicted molar refractivity (Wildman–Crippen MR) is 50.8 cm³/mol. The lowest BCUT2D eigenvalue weighted by Gasteiger charge is -2.47. The first-order chi connectivity index (χ1) is 6.70. The van der Waals surface area contributed by atoms with Gasteiger partial charge in [-0.25, -0.2) is 0 Å². The van der Waals surface area contributed by atoms with E-state index in [1.54, 1.807) is 7.11 Å². The van der Waals surface area contributed by atoms with Gasteiger partial charge in [-0.1, -0.05) is 0 Å². The number of nitrogens with one attached hydrogen (secondary N) is 3. The molecule has 0 spiro atoms. The molecular formula is C8H18N4O2. The molecule has 0 aromatic heterocycles. The summed E-state index contributed by atoms with van der Waals surface area (Å²) in [5.74, 6) is 0. The second-order valence-corrected chi connectivity index (χ2v) is 4.04. The number of hydroxylamine groups is 1. The first kappa shape index (κ1) is 10.3. The molecule has 5 N–H and O–H groups in total. The molecule has 5 atom stereocenters. The second kappa shape index (κ2) is 4.09. The first-order valence-corrected chi connectivity index (χ1v) is 5.05. The molecule has 14 heavy (non-hydrogen) atoms. The van der Waals surface area contributed by atoms with Crippen LogP contribution in [0.5, 0.6) is 0 Å². The summed E-state index contributed by atoms with van der Waals surface area (Å²) in [6.07, 6.45) is 2.60. The highest BCUT2D eigenvalue weighted by Crippen LogP contribution is 2.20. The summed E-state index contributed by atoms with van der Waals surface area (Å²) in [5.41, 5.74) is 8.32. The third-order valence-corrected chi connectivity index (χ3v) is 3.16. The fraction of sp³-hybridized carbons (Fsp3) is 1.00. The van der Waals surface area contributed by atoms with Gasteiger partial charge in [0.2, 0.25) is 0 Å². The molecule has 2 rings (SSSR count). The van der Waals surface area contributed by atoms with E-state index in [4.69, 9.17) is 10.5 Å². The van der Waals surface area contributed by atoms with Crippen molar-refractivity contribution in [3.63, 3.8) is 0 Å². The molecule has 1 aliphatic heterocycles. The Morgan fingerprint density at radius 3 is 3.00 bits per heavy atom. The van der Waals surface area contributed by atoms with Gasteiger partial charge in [-0.15, -0.1) is 5.43 Å². The summed E-state index contributed by atoms with van der Waals surface area (Å²) in [4.78, 5) is 0. The highest BCUT2D eigenvalue weighted by atomic mass is 16.5. The van der Waals surface area contributed by atoms with Crippen molar-refractivity contribution in [1.29, 1.82) is 0 Å². The van der Waals surface area contributed by atoms with Crippen LogP contribution in [0.3, 0.4) is 0 Å². The number of methoxy groups -OCH3 is 1. The van der Waals surface area contributed by atoms with E-state index in [1.165, 1.54) is 0 Å². The fourth-order valence-electron chi connectivity index (χ4n) is 2.37. The van der Waals surface area contributed by atoms with Gasteiger partial charge < -0.3 is 9.94 Å². The minimum absolute atomic E-state index is 0.0218. The van der Waals surface area contributed by atoms with E-state index in [9.17, 15) is 5.21 Å². The van der Waals surface area contributed by atoms with Gasteiger partial charge in [0.1, 0.15) is 6.04 Å². The smallest absolute Gasteiger partial charge is 0.156 e. The number of quaternary nitrogens is 1. The zero-order valence-electron chi connectivity index (χ0n) is 8.32. The zero-order chi connectivity index (χ0) is 10.1. The highest BCUT2D eigenvalue weighted by molar-refractivity contribution is 4.87. The molecule has 5 unspecified atom stereocenters. The van der Waals surface area contributed by atoms with Crippen LogP contribution in [0.15, 0.2) is 0 Å². The van der Waals surface area contributed by atoms with Gasteiger partial charge in [-0.2, -0.15) is 0 Å². The van der Waals surface area contributed by atoms with E-state index < -0.39 is 0 Å². The number of ether oxygens (including phenoxy) is 1. The van der Waals surface area contributed by atoms with Gasteiger partial charge in [0.05, 0.1) is 12.1 Å². The van der Waals surface area contributed by atoms with Crippen LogP contribution in [0.2, 0.25) is 0 Å². The van der Waals surface area contributed by atoms with E-state index in [-0.39, 0.29) is 29.6 Å². The quantitative estimate of drug-likeness (QED) is 0.358. The number of fused-ring (bicyclic) bond motifs is 1. The first-order valence-electron chi connectivity index (χ1n) is 5.05. The van der Waals surface area contributed by atoms with Crippen molar-refractivity contribution in [2.45, 2.75) is 43.7 Å². The lowest BCUT2D eigenvalue weighted by molar-refractivity contribution is -0.934. The third-order valence-electron chi connectivity index (χ3n) is 3.16. The topological polar surface area (TPSA) is 86.8 Å². The normalized spacial score (nSPS) is 48.6. The average Bonchev–Trinajstić information content (AvgIpc) is 2.17. The molecule has 6 heteroatoms. The molecule has 0 aromatic rings. The number of hydrogen-bond donors (Lipinski definition) is 4. The van der Waals surface area contributed by atoms with E-state index in [0.29, 0.717) is 0 Å². The Hall–Kier alpha value is -0.240. The summed E-state index contributed by atoms with van der Waals surface area (Å²) in [5, 5.41) is 14.9. The molecular weight excluding hydrogens is 184 g/mol. The Kier molecular flexibility index (Phi) is 3.01. The molecule has 1 saturated carbocycles. The number of nitrogens with two attached hydrogens (primary N) is 1. The maximum absolute atomic E-state index is 11.6.